The number of nitro benzene ring substituents is 1. The van der Waals surface area contributed by atoms with Gasteiger partial charge < -0.3 is 10.5 Å². The molecule has 2 aromatic rings. The summed E-state index contributed by atoms with van der Waals surface area (Å²) in [4.78, 5) is 10.4. The van der Waals surface area contributed by atoms with Gasteiger partial charge in [0.2, 0.25) is 0 Å². The summed E-state index contributed by atoms with van der Waals surface area (Å²) in [5.74, 6) is -0.417. The molecule has 0 unspecified atom stereocenters. The van der Waals surface area contributed by atoms with Crippen LogP contribution in [0.1, 0.15) is 11.1 Å². The third kappa shape index (κ3) is 3.68. The standard InChI is InChI=1S/C14H12ClFN2O3/c15-11-5-10(1-3-12(11)16)8-21-14-6-9(7-17)2-4-13(14)18(19)20/h1-6H,7-8,17H2. The van der Waals surface area contributed by atoms with Gasteiger partial charge >= 0.3 is 5.69 Å². The van der Waals surface area contributed by atoms with Crippen molar-refractivity contribution >= 4 is 17.3 Å². The van der Waals surface area contributed by atoms with Crippen molar-refractivity contribution in [2.45, 2.75) is 13.2 Å². The zero-order chi connectivity index (χ0) is 15.4. The van der Waals surface area contributed by atoms with E-state index in [0.717, 1.165) is 0 Å². The Labute approximate surface area is 125 Å². The van der Waals surface area contributed by atoms with Crippen LogP contribution in [0.2, 0.25) is 5.02 Å². The topological polar surface area (TPSA) is 78.4 Å². The summed E-state index contributed by atoms with van der Waals surface area (Å²) < 4.78 is 18.5. The highest BCUT2D eigenvalue weighted by molar-refractivity contribution is 6.30. The average molecular weight is 311 g/mol. The molecule has 0 fully saturated rings. The fraction of sp³-hybridized carbons (Fsp3) is 0.143. The smallest absolute Gasteiger partial charge is 0.310 e. The van der Waals surface area contributed by atoms with Gasteiger partial charge in [-0.2, -0.15) is 0 Å². The summed E-state index contributed by atoms with van der Waals surface area (Å²) in [5.41, 5.74) is 6.67. The van der Waals surface area contributed by atoms with Gasteiger partial charge in [0.1, 0.15) is 12.4 Å². The first kappa shape index (κ1) is 15.2. The zero-order valence-corrected chi connectivity index (χ0v) is 11.6. The molecule has 0 amide bonds. The van der Waals surface area contributed by atoms with Crippen molar-refractivity contribution in [3.63, 3.8) is 0 Å². The van der Waals surface area contributed by atoms with Crippen molar-refractivity contribution in [1.29, 1.82) is 0 Å². The number of nitrogens with two attached hydrogens (primary N) is 1. The average Bonchev–Trinajstić information content (AvgIpc) is 2.48. The van der Waals surface area contributed by atoms with Gasteiger partial charge in [0.25, 0.3) is 0 Å². The molecule has 0 atom stereocenters. The van der Waals surface area contributed by atoms with Crippen LogP contribution in [0, 0.1) is 15.9 Å². The number of hydrogen-bond acceptors (Lipinski definition) is 4. The SMILES string of the molecule is NCc1ccc([N+](=O)[O-])c(OCc2ccc(F)c(Cl)c2)c1. The largest absolute Gasteiger partial charge is 0.482 e. The Hall–Kier alpha value is -2.18. The lowest BCUT2D eigenvalue weighted by molar-refractivity contribution is -0.386. The van der Waals surface area contributed by atoms with Gasteiger partial charge in [-0.15, -0.1) is 0 Å². The van der Waals surface area contributed by atoms with Crippen molar-refractivity contribution in [1.82, 2.24) is 0 Å². The summed E-state index contributed by atoms with van der Waals surface area (Å²) in [6.45, 7) is 0.283. The molecule has 2 rings (SSSR count). The maximum atomic E-state index is 13.1. The van der Waals surface area contributed by atoms with Gasteiger partial charge in [0.05, 0.1) is 9.95 Å². The van der Waals surface area contributed by atoms with Crippen molar-refractivity contribution < 1.29 is 14.1 Å². The zero-order valence-electron chi connectivity index (χ0n) is 10.9. The lowest BCUT2D eigenvalue weighted by Gasteiger charge is -2.09. The highest BCUT2D eigenvalue weighted by atomic mass is 35.5. The van der Waals surface area contributed by atoms with Crippen molar-refractivity contribution in [3.05, 3.63) is 68.5 Å². The fourth-order valence-corrected chi connectivity index (χ4v) is 1.95. The summed E-state index contributed by atoms with van der Waals surface area (Å²) >= 11 is 5.67. The molecule has 0 aliphatic heterocycles. The first-order valence-electron chi connectivity index (χ1n) is 6.05. The normalized spacial score (nSPS) is 10.4. The monoisotopic (exact) mass is 310 g/mol. The van der Waals surface area contributed by atoms with Crippen LogP contribution in [0.25, 0.3) is 0 Å². The third-order valence-corrected chi connectivity index (χ3v) is 3.12. The molecular weight excluding hydrogens is 299 g/mol. The Morgan fingerprint density at radius 3 is 2.57 bits per heavy atom. The maximum Gasteiger partial charge on any atom is 0.310 e. The summed E-state index contributed by atoms with van der Waals surface area (Å²) in [7, 11) is 0. The van der Waals surface area contributed by atoms with Gasteiger partial charge in [0, 0.05) is 12.6 Å². The molecule has 0 saturated carbocycles. The summed E-state index contributed by atoms with van der Waals surface area (Å²) in [6, 6.07) is 8.55. The van der Waals surface area contributed by atoms with Crippen LogP contribution in [-0.4, -0.2) is 4.92 Å². The molecule has 0 aromatic heterocycles. The number of nitrogens with zero attached hydrogens (tertiary/aromatic N) is 1. The van der Waals surface area contributed by atoms with E-state index in [-0.39, 0.29) is 29.6 Å². The van der Waals surface area contributed by atoms with Gasteiger partial charge in [-0.05, 0) is 29.3 Å². The molecule has 7 heteroatoms. The predicted molar refractivity (Wildman–Crippen MR) is 76.7 cm³/mol. The lowest BCUT2D eigenvalue weighted by Crippen LogP contribution is -2.02. The minimum absolute atomic E-state index is 0.0266. The van der Waals surface area contributed by atoms with Crippen LogP contribution < -0.4 is 10.5 Å². The third-order valence-electron chi connectivity index (χ3n) is 2.83. The van der Waals surface area contributed by atoms with E-state index in [0.29, 0.717) is 11.1 Å². The van der Waals surface area contributed by atoms with Crippen LogP contribution in [0.4, 0.5) is 10.1 Å². The molecule has 0 bridgehead atoms. The molecule has 2 N–H and O–H groups in total. The van der Waals surface area contributed by atoms with Gasteiger partial charge in [-0.1, -0.05) is 23.7 Å². The highest BCUT2D eigenvalue weighted by Gasteiger charge is 2.15. The van der Waals surface area contributed by atoms with E-state index >= 15 is 0 Å². The Bertz CT molecular complexity index is 679. The van der Waals surface area contributed by atoms with Gasteiger partial charge in [0.15, 0.2) is 5.75 Å². The molecule has 0 aliphatic carbocycles. The molecule has 5 nitrogen and oxygen atoms in total. The Morgan fingerprint density at radius 2 is 1.95 bits per heavy atom. The number of nitro groups is 1. The first-order chi connectivity index (χ1) is 10.0. The van der Waals surface area contributed by atoms with E-state index in [2.05, 4.69) is 0 Å². The van der Waals surface area contributed by atoms with Crippen molar-refractivity contribution in [2.75, 3.05) is 0 Å². The van der Waals surface area contributed by atoms with Crippen LogP contribution in [0.15, 0.2) is 36.4 Å². The second-order valence-electron chi connectivity index (χ2n) is 4.30. The molecular formula is C14H12ClFN2O3. The van der Waals surface area contributed by atoms with Crippen LogP contribution >= 0.6 is 11.6 Å². The Balaban J connectivity index is 2.21. The number of rotatable bonds is 5. The molecule has 2 aromatic carbocycles. The van der Waals surface area contributed by atoms with Crippen LogP contribution in [-0.2, 0) is 13.2 Å². The molecule has 0 aliphatic rings. The van der Waals surface area contributed by atoms with E-state index in [9.17, 15) is 14.5 Å². The van der Waals surface area contributed by atoms with E-state index in [1.807, 2.05) is 0 Å². The first-order valence-corrected chi connectivity index (χ1v) is 6.43. The molecule has 0 radical (unpaired) electrons. The van der Waals surface area contributed by atoms with E-state index < -0.39 is 10.7 Å². The molecule has 0 saturated heterocycles. The minimum Gasteiger partial charge on any atom is -0.482 e. The highest BCUT2D eigenvalue weighted by Crippen LogP contribution is 2.29. The van der Waals surface area contributed by atoms with Gasteiger partial charge in [-0.25, -0.2) is 4.39 Å². The molecule has 0 spiro atoms. The fourth-order valence-electron chi connectivity index (χ4n) is 1.74. The van der Waals surface area contributed by atoms with Gasteiger partial charge in [-0.3, -0.25) is 10.1 Å². The quantitative estimate of drug-likeness (QED) is 0.678. The summed E-state index contributed by atoms with van der Waals surface area (Å²) in [5, 5.41) is 10.9. The predicted octanol–water partition coefficient (Wildman–Crippen LogP) is 3.43. The maximum absolute atomic E-state index is 13.1. The lowest BCUT2D eigenvalue weighted by atomic mass is 10.2. The minimum atomic E-state index is -0.534. The van der Waals surface area contributed by atoms with E-state index in [1.54, 1.807) is 6.07 Å². The summed E-state index contributed by atoms with van der Waals surface area (Å²) in [6.07, 6.45) is 0. The second-order valence-corrected chi connectivity index (χ2v) is 4.71. The number of benzene rings is 2. The molecule has 0 heterocycles. The van der Waals surface area contributed by atoms with Crippen molar-refractivity contribution in [3.8, 4) is 5.75 Å². The Morgan fingerprint density at radius 1 is 1.24 bits per heavy atom. The van der Waals surface area contributed by atoms with Crippen LogP contribution in [0.5, 0.6) is 5.75 Å². The van der Waals surface area contributed by atoms with Crippen LogP contribution in [0.3, 0.4) is 0 Å². The second kappa shape index (κ2) is 6.51. The number of hydrogen-bond donors (Lipinski definition) is 1. The molecule has 21 heavy (non-hydrogen) atoms. The van der Waals surface area contributed by atoms with E-state index in [1.165, 1.54) is 30.3 Å². The molecule has 110 valence electrons. The van der Waals surface area contributed by atoms with E-state index in [4.69, 9.17) is 22.1 Å². The van der Waals surface area contributed by atoms with Crippen molar-refractivity contribution in [2.24, 2.45) is 5.73 Å². The number of ether oxygens (including phenoxy) is 1. The Kier molecular flexibility index (Phi) is 4.72. The number of halogens is 2.